The molecule has 0 aliphatic heterocycles. The van der Waals surface area contributed by atoms with Crippen molar-refractivity contribution >= 4 is 0 Å². The van der Waals surface area contributed by atoms with Crippen molar-refractivity contribution in [2.24, 2.45) is 7.05 Å². The van der Waals surface area contributed by atoms with Crippen LogP contribution in [0.2, 0.25) is 0 Å². The molecule has 0 aliphatic rings. The third-order valence-corrected chi connectivity index (χ3v) is 2.98. The highest BCUT2D eigenvalue weighted by molar-refractivity contribution is 5.07. The van der Waals surface area contributed by atoms with E-state index in [1.165, 1.54) is 0 Å². The summed E-state index contributed by atoms with van der Waals surface area (Å²) in [6, 6.07) is 3.99. The van der Waals surface area contributed by atoms with Gasteiger partial charge in [-0.15, -0.1) is 0 Å². The second kappa shape index (κ2) is 5.30. The van der Waals surface area contributed by atoms with Gasteiger partial charge in [0.2, 0.25) is 0 Å². The van der Waals surface area contributed by atoms with Gasteiger partial charge < -0.3 is 20.1 Å². The van der Waals surface area contributed by atoms with Gasteiger partial charge in [-0.1, -0.05) is 6.92 Å². The Morgan fingerprint density at radius 2 is 2.07 bits per heavy atom. The van der Waals surface area contributed by atoms with Gasteiger partial charge in [-0.3, -0.25) is 0 Å². The fraction of sp³-hybridized carbons (Fsp3) is 0.636. The number of aryl methyl sites for hydroxylation is 1. The summed E-state index contributed by atoms with van der Waals surface area (Å²) in [7, 11) is 1.97. The minimum absolute atomic E-state index is 0.0512. The Balaban J connectivity index is 2.58. The van der Waals surface area contributed by atoms with Gasteiger partial charge in [0.25, 0.3) is 0 Å². The molecule has 0 saturated carbocycles. The highest BCUT2D eigenvalue weighted by Gasteiger charge is 2.25. The van der Waals surface area contributed by atoms with Crippen molar-refractivity contribution in [2.45, 2.75) is 25.4 Å². The molecule has 0 bridgehead atoms. The number of rotatable bonds is 6. The second-order valence-corrected chi connectivity index (χ2v) is 3.91. The Morgan fingerprint density at radius 1 is 1.40 bits per heavy atom. The van der Waals surface area contributed by atoms with Crippen LogP contribution in [-0.4, -0.2) is 33.5 Å². The quantitative estimate of drug-likeness (QED) is 0.633. The van der Waals surface area contributed by atoms with Gasteiger partial charge in [0, 0.05) is 25.5 Å². The van der Waals surface area contributed by atoms with Gasteiger partial charge in [0.05, 0.1) is 18.8 Å². The van der Waals surface area contributed by atoms with Crippen molar-refractivity contribution < 1.29 is 10.2 Å². The van der Waals surface area contributed by atoms with Crippen LogP contribution in [0.3, 0.4) is 0 Å². The predicted molar refractivity (Wildman–Crippen MR) is 59.4 cm³/mol. The molecule has 0 atom stereocenters. The monoisotopic (exact) mass is 212 g/mol. The molecular weight excluding hydrogens is 192 g/mol. The topological polar surface area (TPSA) is 57.4 Å². The third kappa shape index (κ3) is 2.81. The molecule has 0 radical (unpaired) electrons. The van der Waals surface area contributed by atoms with Crippen molar-refractivity contribution in [3.63, 3.8) is 0 Å². The highest BCUT2D eigenvalue weighted by atomic mass is 16.3. The fourth-order valence-corrected chi connectivity index (χ4v) is 1.47. The molecule has 0 spiro atoms. The molecule has 15 heavy (non-hydrogen) atoms. The summed E-state index contributed by atoms with van der Waals surface area (Å²) in [5, 5.41) is 21.7. The minimum atomic E-state index is -0.565. The lowest BCUT2D eigenvalue weighted by atomic mass is 9.98. The lowest BCUT2D eigenvalue weighted by molar-refractivity contribution is 0.0859. The molecule has 86 valence electrons. The van der Waals surface area contributed by atoms with Crippen LogP contribution in [0.5, 0.6) is 0 Å². The molecule has 1 rings (SSSR count). The zero-order chi connectivity index (χ0) is 11.3. The summed E-state index contributed by atoms with van der Waals surface area (Å²) in [6.07, 6.45) is 2.67. The van der Waals surface area contributed by atoms with Gasteiger partial charge in [0.15, 0.2) is 0 Å². The highest BCUT2D eigenvalue weighted by Crippen LogP contribution is 2.10. The number of aromatic nitrogens is 1. The van der Waals surface area contributed by atoms with E-state index in [2.05, 4.69) is 5.32 Å². The molecular formula is C11H20N2O2. The molecule has 0 fully saturated rings. The number of aliphatic hydroxyl groups is 2. The average Bonchev–Trinajstić information content (AvgIpc) is 2.67. The predicted octanol–water partition coefficient (Wildman–Crippen LogP) is 0.248. The van der Waals surface area contributed by atoms with Gasteiger partial charge in [0.1, 0.15) is 0 Å². The number of nitrogens with zero attached hydrogens (tertiary/aromatic N) is 1. The molecule has 0 aliphatic carbocycles. The first-order valence-corrected chi connectivity index (χ1v) is 5.24. The number of aliphatic hydroxyl groups excluding tert-OH is 2. The molecule has 4 nitrogen and oxygen atoms in total. The van der Waals surface area contributed by atoms with Gasteiger partial charge in [-0.25, -0.2) is 0 Å². The zero-order valence-corrected chi connectivity index (χ0v) is 9.40. The summed E-state index contributed by atoms with van der Waals surface area (Å²) in [5.74, 6) is 0. The summed E-state index contributed by atoms with van der Waals surface area (Å²) in [6.45, 7) is 2.50. The molecule has 0 saturated heterocycles. The Kier molecular flexibility index (Phi) is 4.32. The second-order valence-electron chi connectivity index (χ2n) is 3.91. The van der Waals surface area contributed by atoms with Crippen LogP contribution in [0.4, 0.5) is 0 Å². The Hall–Kier alpha value is -0.840. The molecule has 0 amide bonds. The van der Waals surface area contributed by atoms with Crippen LogP contribution in [0.15, 0.2) is 18.3 Å². The number of hydrogen-bond acceptors (Lipinski definition) is 3. The summed E-state index contributed by atoms with van der Waals surface area (Å²) in [4.78, 5) is 0. The maximum Gasteiger partial charge on any atom is 0.0648 e. The molecule has 1 aromatic rings. The normalized spacial score (nSPS) is 12.0. The van der Waals surface area contributed by atoms with Crippen molar-refractivity contribution in [1.82, 2.24) is 9.88 Å². The fourth-order valence-electron chi connectivity index (χ4n) is 1.47. The molecule has 1 aromatic heterocycles. The van der Waals surface area contributed by atoms with E-state index >= 15 is 0 Å². The van der Waals surface area contributed by atoms with Gasteiger partial charge in [-0.05, 0) is 18.6 Å². The first-order valence-electron chi connectivity index (χ1n) is 5.24. The van der Waals surface area contributed by atoms with E-state index in [1.54, 1.807) is 0 Å². The van der Waals surface area contributed by atoms with Crippen LogP contribution in [0, 0.1) is 0 Å². The number of nitrogens with one attached hydrogen (secondary N) is 1. The van der Waals surface area contributed by atoms with Gasteiger partial charge >= 0.3 is 0 Å². The minimum Gasteiger partial charge on any atom is -0.394 e. The van der Waals surface area contributed by atoms with Gasteiger partial charge in [-0.2, -0.15) is 0 Å². The lowest BCUT2D eigenvalue weighted by Crippen LogP contribution is -2.50. The van der Waals surface area contributed by atoms with Crippen LogP contribution in [0.1, 0.15) is 19.0 Å². The van der Waals surface area contributed by atoms with Crippen molar-refractivity contribution in [3.05, 3.63) is 24.0 Å². The van der Waals surface area contributed by atoms with Crippen molar-refractivity contribution in [2.75, 3.05) is 13.2 Å². The van der Waals surface area contributed by atoms with E-state index in [0.29, 0.717) is 13.0 Å². The van der Waals surface area contributed by atoms with Crippen LogP contribution < -0.4 is 5.32 Å². The molecule has 4 heteroatoms. The SMILES string of the molecule is CCC(CO)(CO)NCc1cccn1C. The lowest BCUT2D eigenvalue weighted by Gasteiger charge is -2.29. The largest absolute Gasteiger partial charge is 0.394 e. The number of hydrogen-bond donors (Lipinski definition) is 3. The summed E-state index contributed by atoms with van der Waals surface area (Å²) in [5.41, 5.74) is 0.569. The third-order valence-electron chi connectivity index (χ3n) is 2.98. The van der Waals surface area contributed by atoms with E-state index in [9.17, 15) is 10.2 Å². The van der Waals surface area contributed by atoms with Crippen molar-refractivity contribution in [1.29, 1.82) is 0 Å². The van der Waals surface area contributed by atoms with Crippen molar-refractivity contribution in [3.8, 4) is 0 Å². The maximum absolute atomic E-state index is 9.25. The van der Waals surface area contributed by atoms with E-state index in [1.807, 2.05) is 36.9 Å². The van der Waals surface area contributed by atoms with E-state index in [4.69, 9.17) is 0 Å². The molecule has 3 N–H and O–H groups in total. The van der Waals surface area contributed by atoms with Crippen LogP contribution in [-0.2, 0) is 13.6 Å². The molecule has 0 aromatic carbocycles. The first kappa shape index (κ1) is 12.2. The Bertz CT molecular complexity index is 284. The van der Waals surface area contributed by atoms with Crippen LogP contribution in [0.25, 0.3) is 0 Å². The Labute approximate surface area is 90.5 Å². The average molecular weight is 212 g/mol. The maximum atomic E-state index is 9.25. The smallest absolute Gasteiger partial charge is 0.0648 e. The zero-order valence-electron chi connectivity index (χ0n) is 9.40. The van der Waals surface area contributed by atoms with E-state index in [0.717, 1.165) is 5.69 Å². The van der Waals surface area contributed by atoms with Crippen LogP contribution >= 0.6 is 0 Å². The van der Waals surface area contributed by atoms with E-state index < -0.39 is 5.54 Å². The standard InChI is InChI=1S/C11H20N2O2/c1-3-11(8-14,9-15)12-7-10-5-4-6-13(10)2/h4-6,12,14-15H,3,7-9H2,1-2H3. The molecule has 0 unspecified atom stereocenters. The summed E-state index contributed by atoms with van der Waals surface area (Å²) >= 11 is 0. The van der Waals surface area contributed by atoms with E-state index in [-0.39, 0.29) is 13.2 Å². The molecule has 1 heterocycles. The first-order chi connectivity index (χ1) is 7.17. The summed E-state index contributed by atoms with van der Waals surface area (Å²) < 4.78 is 2.02. The Morgan fingerprint density at radius 3 is 2.47 bits per heavy atom.